The lowest BCUT2D eigenvalue weighted by Crippen LogP contribution is -2.51. The molecule has 2 N–H and O–H groups in total. The number of amides is 1. The predicted octanol–water partition coefficient (Wildman–Crippen LogP) is 3.41. The summed E-state index contributed by atoms with van der Waals surface area (Å²) in [5.41, 5.74) is 2.09. The second-order valence-corrected chi connectivity index (χ2v) is 9.22. The monoisotopic (exact) mass is 437 g/mol. The van der Waals surface area contributed by atoms with E-state index in [1.54, 1.807) is 0 Å². The minimum Gasteiger partial charge on any atom is -0.491 e. The van der Waals surface area contributed by atoms with E-state index >= 15 is 0 Å². The Morgan fingerprint density at radius 1 is 1.16 bits per heavy atom. The molecule has 1 amide bonds. The van der Waals surface area contributed by atoms with Gasteiger partial charge in [-0.05, 0) is 63.7 Å². The fraction of sp³-hybridized carbons (Fsp3) is 0.560. The number of aryl methyl sites for hydroxylation is 1. The number of hydrogen-bond acceptors (Lipinski definition) is 6. The van der Waals surface area contributed by atoms with Gasteiger partial charge in [0.15, 0.2) is 0 Å². The predicted molar refractivity (Wildman–Crippen MR) is 126 cm³/mol. The Morgan fingerprint density at radius 3 is 2.66 bits per heavy atom. The van der Waals surface area contributed by atoms with Crippen molar-refractivity contribution in [3.8, 4) is 5.75 Å². The number of piperidine rings is 1. The number of aromatic nitrogens is 2. The molecular formula is C25H35N5O2. The molecule has 1 fully saturated rings. The Hall–Kier alpha value is -2.67. The maximum Gasteiger partial charge on any atom is 0.226 e. The number of benzene rings is 1. The normalized spacial score (nSPS) is 22.1. The highest BCUT2D eigenvalue weighted by molar-refractivity contribution is 5.83. The third-order valence-corrected chi connectivity index (χ3v) is 6.82. The van der Waals surface area contributed by atoms with Crippen LogP contribution in [0.1, 0.15) is 50.2 Å². The van der Waals surface area contributed by atoms with Crippen molar-refractivity contribution < 1.29 is 9.53 Å². The van der Waals surface area contributed by atoms with Crippen LogP contribution in [0.25, 0.3) is 0 Å². The van der Waals surface area contributed by atoms with Gasteiger partial charge in [-0.25, -0.2) is 9.97 Å². The van der Waals surface area contributed by atoms with Crippen LogP contribution in [0.4, 0.5) is 5.95 Å². The van der Waals surface area contributed by atoms with Crippen LogP contribution in [-0.2, 0) is 17.8 Å². The molecule has 0 radical (unpaired) electrons. The second kappa shape index (κ2) is 10.3. The fourth-order valence-corrected chi connectivity index (χ4v) is 4.82. The van der Waals surface area contributed by atoms with E-state index in [1.165, 1.54) is 5.56 Å². The van der Waals surface area contributed by atoms with Crippen LogP contribution in [0.15, 0.2) is 36.7 Å². The summed E-state index contributed by atoms with van der Waals surface area (Å²) in [7, 11) is 1.82. The van der Waals surface area contributed by atoms with Crippen LogP contribution >= 0.6 is 0 Å². The molecule has 0 bridgehead atoms. The number of nitrogens with zero attached hydrogens (tertiary/aromatic N) is 3. The fourth-order valence-electron chi connectivity index (χ4n) is 4.82. The molecule has 2 aliphatic rings. The molecule has 0 unspecified atom stereocenters. The van der Waals surface area contributed by atoms with Gasteiger partial charge in [0, 0.05) is 31.5 Å². The summed E-state index contributed by atoms with van der Waals surface area (Å²) in [6, 6.07) is 8.26. The first-order valence-corrected chi connectivity index (χ1v) is 11.8. The molecule has 2 aromatic rings. The number of ether oxygens (including phenoxy) is 1. The smallest absolute Gasteiger partial charge is 0.226 e. The zero-order valence-electron chi connectivity index (χ0n) is 19.3. The van der Waals surface area contributed by atoms with Crippen LogP contribution in [-0.4, -0.2) is 53.6 Å². The van der Waals surface area contributed by atoms with Crippen molar-refractivity contribution in [1.29, 1.82) is 0 Å². The van der Waals surface area contributed by atoms with Gasteiger partial charge in [0.1, 0.15) is 12.4 Å². The van der Waals surface area contributed by atoms with Crippen molar-refractivity contribution >= 4 is 11.9 Å². The summed E-state index contributed by atoms with van der Waals surface area (Å²) in [6.07, 6.45) is 9.60. The quantitative estimate of drug-likeness (QED) is 0.766. The number of carbonyl (C=O) groups excluding carboxylic acids is 1. The van der Waals surface area contributed by atoms with Gasteiger partial charge in [0.2, 0.25) is 11.9 Å². The Morgan fingerprint density at radius 2 is 1.91 bits per heavy atom. The highest BCUT2D eigenvalue weighted by atomic mass is 16.5. The topological polar surface area (TPSA) is 79.4 Å². The molecule has 172 valence electrons. The molecule has 0 saturated carbocycles. The number of likely N-dealkylation sites (tertiary alicyclic amines) is 1. The molecule has 3 heterocycles. The molecule has 1 aromatic heterocycles. The molecule has 1 spiro atoms. The van der Waals surface area contributed by atoms with Crippen molar-refractivity contribution in [3.63, 3.8) is 0 Å². The maximum absolute atomic E-state index is 13.4. The zero-order chi connectivity index (χ0) is 22.4. The van der Waals surface area contributed by atoms with Crippen LogP contribution < -0.4 is 15.4 Å². The Balaban J connectivity index is 1.40. The van der Waals surface area contributed by atoms with Gasteiger partial charge in [0.05, 0.1) is 11.5 Å². The van der Waals surface area contributed by atoms with E-state index < -0.39 is 0 Å². The zero-order valence-corrected chi connectivity index (χ0v) is 19.3. The minimum atomic E-state index is -0.282. The minimum absolute atomic E-state index is 0.0206. The number of nitrogens with one attached hydrogen (secondary N) is 2. The summed E-state index contributed by atoms with van der Waals surface area (Å²) in [5, 5.41) is 6.21. The highest BCUT2D eigenvalue weighted by Crippen LogP contribution is 2.38. The first-order chi connectivity index (χ1) is 15.6. The molecule has 2 aliphatic heterocycles. The van der Waals surface area contributed by atoms with E-state index in [4.69, 9.17) is 4.74 Å². The Labute approximate surface area is 191 Å². The van der Waals surface area contributed by atoms with E-state index in [-0.39, 0.29) is 17.4 Å². The molecule has 7 nitrogen and oxygen atoms in total. The van der Waals surface area contributed by atoms with E-state index in [2.05, 4.69) is 37.6 Å². The van der Waals surface area contributed by atoms with Crippen molar-refractivity contribution in [1.82, 2.24) is 20.2 Å². The molecule has 4 rings (SSSR count). The number of rotatable bonds is 3. The van der Waals surface area contributed by atoms with Crippen LogP contribution in [0.3, 0.4) is 0 Å². The Bertz CT molecular complexity index is 893. The van der Waals surface area contributed by atoms with Gasteiger partial charge in [-0.3, -0.25) is 9.69 Å². The molecule has 0 aliphatic carbocycles. The Kier molecular flexibility index (Phi) is 7.25. The van der Waals surface area contributed by atoms with Gasteiger partial charge in [0.25, 0.3) is 0 Å². The average molecular weight is 438 g/mol. The van der Waals surface area contributed by atoms with E-state index in [0.29, 0.717) is 12.6 Å². The molecule has 32 heavy (non-hydrogen) atoms. The van der Waals surface area contributed by atoms with E-state index in [9.17, 15) is 4.79 Å². The van der Waals surface area contributed by atoms with Crippen LogP contribution in [0, 0.1) is 5.41 Å². The van der Waals surface area contributed by atoms with Crippen molar-refractivity contribution in [2.24, 2.45) is 5.41 Å². The molecule has 1 saturated heterocycles. The van der Waals surface area contributed by atoms with Crippen molar-refractivity contribution in [3.05, 3.63) is 47.8 Å². The SMILES string of the molecule is CNc1ncc(CN2CCC3(CCCCc4ccccc4OC[C@@H](C)NC3=O)CC2)cn1. The summed E-state index contributed by atoms with van der Waals surface area (Å²) < 4.78 is 6.06. The van der Waals surface area contributed by atoms with E-state index in [0.717, 1.165) is 69.5 Å². The number of hydrogen-bond donors (Lipinski definition) is 2. The van der Waals surface area contributed by atoms with Gasteiger partial charge in [-0.1, -0.05) is 24.6 Å². The van der Waals surface area contributed by atoms with Crippen LogP contribution in [0.2, 0.25) is 0 Å². The summed E-state index contributed by atoms with van der Waals surface area (Å²) in [6.45, 7) is 5.17. The van der Waals surface area contributed by atoms with Gasteiger partial charge < -0.3 is 15.4 Å². The standard InChI is InChI=1S/C25H35N5O2/c1-19-18-32-22-9-4-3-7-21(22)8-5-6-10-25(23(31)29-19)11-13-30(14-12-25)17-20-15-27-24(26-2)28-16-20/h3-4,7,9,15-16,19H,5-6,8,10-14,17-18H2,1-2H3,(H,29,31)(H,26,27,28)/t19-/m1/s1. The van der Waals surface area contributed by atoms with E-state index in [1.807, 2.05) is 38.5 Å². The largest absolute Gasteiger partial charge is 0.491 e. The number of anilines is 1. The van der Waals surface area contributed by atoms with Gasteiger partial charge in [-0.2, -0.15) is 0 Å². The molecule has 1 aromatic carbocycles. The lowest BCUT2D eigenvalue weighted by Gasteiger charge is -2.41. The number of carbonyl (C=O) groups is 1. The first kappa shape index (κ1) is 22.5. The maximum atomic E-state index is 13.4. The van der Waals surface area contributed by atoms with Crippen molar-refractivity contribution in [2.75, 3.05) is 32.1 Å². The van der Waals surface area contributed by atoms with Crippen LogP contribution in [0.5, 0.6) is 5.75 Å². The lowest BCUT2D eigenvalue weighted by atomic mass is 9.73. The first-order valence-electron chi connectivity index (χ1n) is 11.8. The summed E-state index contributed by atoms with van der Waals surface area (Å²) in [5.74, 6) is 1.78. The highest BCUT2D eigenvalue weighted by Gasteiger charge is 2.41. The molecule has 7 heteroatoms. The third-order valence-electron chi connectivity index (χ3n) is 6.82. The van der Waals surface area contributed by atoms with Crippen molar-refractivity contribution in [2.45, 2.75) is 58.0 Å². The summed E-state index contributed by atoms with van der Waals surface area (Å²) in [4.78, 5) is 24.4. The second-order valence-electron chi connectivity index (χ2n) is 9.22. The lowest BCUT2D eigenvalue weighted by molar-refractivity contribution is -0.135. The number of para-hydroxylation sites is 1. The van der Waals surface area contributed by atoms with Gasteiger partial charge in [-0.15, -0.1) is 0 Å². The average Bonchev–Trinajstić information content (AvgIpc) is 2.82. The molecule has 1 atom stereocenters. The van der Waals surface area contributed by atoms with Gasteiger partial charge >= 0.3 is 0 Å². The number of fused-ring (bicyclic) bond motifs is 1. The summed E-state index contributed by atoms with van der Waals surface area (Å²) >= 11 is 0. The molecular weight excluding hydrogens is 402 g/mol. The third kappa shape index (κ3) is 5.38.